The second-order valence-corrected chi connectivity index (χ2v) is 12.6. The van der Waals surface area contributed by atoms with Gasteiger partial charge >= 0.3 is 0 Å². The van der Waals surface area contributed by atoms with E-state index in [2.05, 4.69) is 45.5 Å². The first-order chi connectivity index (χ1) is 16.7. The fourth-order valence-electron chi connectivity index (χ4n) is 7.61. The van der Waals surface area contributed by atoms with Crippen LogP contribution in [0, 0.1) is 11.8 Å². The summed E-state index contributed by atoms with van der Waals surface area (Å²) in [7, 11) is 0. The molecule has 0 radical (unpaired) electrons. The Kier molecular flexibility index (Phi) is 6.46. The van der Waals surface area contributed by atoms with Crippen molar-refractivity contribution in [3.8, 4) is 0 Å². The van der Waals surface area contributed by atoms with Gasteiger partial charge in [0.05, 0.1) is 11.6 Å². The second kappa shape index (κ2) is 9.55. The highest BCUT2D eigenvalue weighted by Crippen LogP contribution is 2.50. The molecular formula is C28H36ClN3OS. The van der Waals surface area contributed by atoms with E-state index in [-0.39, 0.29) is 11.3 Å². The zero-order valence-electron chi connectivity index (χ0n) is 20.0. The number of amides is 1. The van der Waals surface area contributed by atoms with Crippen molar-refractivity contribution < 1.29 is 4.79 Å². The molecule has 182 valence electrons. The number of piperidine rings is 1. The number of hydrogen-bond acceptors (Lipinski definition) is 4. The van der Waals surface area contributed by atoms with E-state index < -0.39 is 0 Å². The first kappa shape index (κ1) is 23.0. The minimum Gasteiger partial charge on any atom is -0.339 e. The molecule has 2 aliphatic heterocycles. The van der Waals surface area contributed by atoms with Gasteiger partial charge in [-0.15, -0.1) is 11.3 Å². The number of carbonyl (C=O) groups is 1. The Morgan fingerprint density at radius 1 is 1.12 bits per heavy atom. The second-order valence-electron chi connectivity index (χ2n) is 11.1. The maximum absolute atomic E-state index is 14.4. The minimum atomic E-state index is -0.122. The Morgan fingerprint density at radius 3 is 2.76 bits per heavy atom. The topological polar surface area (TPSA) is 45.2 Å². The van der Waals surface area contributed by atoms with Crippen molar-refractivity contribution in [2.75, 3.05) is 19.6 Å². The third-order valence-electron chi connectivity index (χ3n) is 9.31. The molecule has 1 aromatic heterocycles. The summed E-state index contributed by atoms with van der Waals surface area (Å²) in [4.78, 5) is 22.7. The molecule has 2 saturated heterocycles. The van der Waals surface area contributed by atoms with Gasteiger partial charge in [0.25, 0.3) is 0 Å². The SMILES string of the molecule is O=C(C1CNCC12CCCc1nc(Cl)sc12)N1CCC(c2ccccc2)CC1C1CCCCC1. The molecule has 1 spiro atoms. The van der Waals surface area contributed by atoms with E-state index in [0.717, 1.165) is 57.4 Å². The number of aryl methyl sites for hydroxylation is 1. The molecule has 2 aliphatic carbocycles. The predicted molar refractivity (Wildman–Crippen MR) is 139 cm³/mol. The van der Waals surface area contributed by atoms with Gasteiger partial charge in [0.15, 0.2) is 4.47 Å². The number of rotatable bonds is 3. The Morgan fingerprint density at radius 2 is 1.94 bits per heavy atom. The van der Waals surface area contributed by atoms with Crippen LogP contribution in [0.25, 0.3) is 0 Å². The van der Waals surface area contributed by atoms with Crippen molar-refractivity contribution in [1.29, 1.82) is 0 Å². The zero-order valence-corrected chi connectivity index (χ0v) is 21.5. The molecule has 1 saturated carbocycles. The van der Waals surface area contributed by atoms with Gasteiger partial charge in [-0.1, -0.05) is 61.2 Å². The van der Waals surface area contributed by atoms with E-state index >= 15 is 0 Å². The van der Waals surface area contributed by atoms with Gasteiger partial charge in [-0.05, 0) is 62.3 Å². The van der Waals surface area contributed by atoms with E-state index in [1.54, 1.807) is 11.3 Å². The molecule has 4 atom stereocenters. The van der Waals surface area contributed by atoms with Crippen LogP contribution in [-0.4, -0.2) is 41.5 Å². The quantitative estimate of drug-likeness (QED) is 0.570. The third-order valence-corrected chi connectivity index (χ3v) is 10.7. The van der Waals surface area contributed by atoms with Crippen molar-refractivity contribution in [2.24, 2.45) is 11.8 Å². The van der Waals surface area contributed by atoms with E-state index in [1.807, 2.05) is 0 Å². The number of nitrogens with zero attached hydrogens (tertiary/aromatic N) is 2. The van der Waals surface area contributed by atoms with Crippen LogP contribution in [0.3, 0.4) is 0 Å². The summed E-state index contributed by atoms with van der Waals surface area (Å²) >= 11 is 8.00. The number of aromatic nitrogens is 1. The van der Waals surface area contributed by atoms with Gasteiger partial charge in [0.1, 0.15) is 0 Å². The normalized spacial score (nSPS) is 32.1. The molecule has 1 aromatic carbocycles. The molecule has 4 unspecified atom stereocenters. The van der Waals surface area contributed by atoms with Crippen molar-refractivity contribution in [3.63, 3.8) is 0 Å². The van der Waals surface area contributed by atoms with Crippen LogP contribution in [0.2, 0.25) is 4.47 Å². The smallest absolute Gasteiger partial charge is 0.228 e. The van der Waals surface area contributed by atoms with Gasteiger partial charge in [0, 0.05) is 36.0 Å². The number of halogens is 1. The predicted octanol–water partition coefficient (Wildman–Crippen LogP) is 5.95. The molecule has 3 heterocycles. The van der Waals surface area contributed by atoms with Gasteiger partial charge in [-0.3, -0.25) is 4.79 Å². The lowest BCUT2D eigenvalue weighted by atomic mass is 9.68. The fourth-order valence-corrected chi connectivity index (χ4v) is 9.06. The lowest BCUT2D eigenvalue weighted by Gasteiger charge is -2.47. The molecule has 1 amide bonds. The zero-order chi connectivity index (χ0) is 23.1. The van der Waals surface area contributed by atoms with Crippen LogP contribution in [0.4, 0.5) is 0 Å². The summed E-state index contributed by atoms with van der Waals surface area (Å²) in [5, 5.41) is 3.62. The summed E-state index contributed by atoms with van der Waals surface area (Å²) in [5.41, 5.74) is 2.48. The number of carbonyl (C=O) groups excluding carboxylic acids is 1. The van der Waals surface area contributed by atoms with Crippen LogP contribution in [0.1, 0.15) is 79.8 Å². The Balaban J connectivity index is 1.30. The Hall–Kier alpha value is -1.43. The average molecular weight is 498 g/mol. The molecule has 2 aromatic rings. The number of hydrogen-bond donors (Lipinski definition) is 1. The molecule has 34 heavy (non-hydrogen) atoms. The highest BCUT2D eigenvalue weighted by molar-refractivity contribution is 7.16. The third kappa shape index (κ3) is 4.02. The largest absolute Gasteiger partial charge is 0.339 e. The van der Waals surface area contributed by atoms with Crippen molar-refractivity contribution in [2.45, 2.75) is 81.6 Å². The summed E-state index contributed by atoms with van der Waals surface area (Å²) in [6, 6.07) is 11.4. The lowest BCUT2D eigenvalue weighted by molar-refractivity contribution is -0.143. The minimum absolute atomic E-state index is 0.00225. The molecule has 4 aliphatic rings. The summed E-state index contributed by atoms with van der Waals surface area (Å²) in [5.74, 6) is 1.61. The van der Waals surface area contributed by atoms with Crippen LogP contribution in [-0.2, 0) is 16.6 Å². The molecular weight excluding hydrogens is 462 g/mol. The van der Waals surface area contributed by atoms with Gasteiger partial charge in [-0.2, -0.15) is 0 Å². The molecule has 1 N–H and O–H groups in total. The monoisotopic (exact) mass is 497 g/mol. The highest BCUT2D eigenvalue weighted by atomic mass is 35.5. The van der Waals surface area contributed by atoms with Crippen LogP contribution < -0.4 is 5.32 Å². The first-order valence-electron chi connectivity index (χ1n) is 13.4. The Labute approximate surface area is 212 Å². The highest BCUT2D eigenvalue weighted by Gasteiger charge is 2.53. The molecule has 0 bridgehead atoms. The van der Waals surface area contributed by atoms with Crippen LogP contribution in [0.5, 0.6) is 0 Å². The molecule has 6 rings (SSSR count). The molecule has 6 heteroatoms. The molecule has 4 nitrogen and oxygen atoms in total. The number of likely N-dealkylation sites (tertiary alicyclic amines) is 1. The standard InChI is InChI=1S/C28H36ClN3OS/c29-27-31-23-12-7-14-28(25(23)34-27)18-30-17-22(28)26(33)32-15-13-21(19-8-3-1-4-9-19)16-24(32)20-10-5-2-6-11-20/h1,3-4,8-9,20-22,24,30H,2,5-7,10-18H2. The number of fused-ring (bicyclic) bond motifs is 2. The number of nitrogens with one attached hydrogen (secondary N) is 1. The summed E-state index contributed by atoms with van der Waals surface area (Å²) in [6.07, 6.45) is 11.9. The first-order valence-corrected chi connectivity index (χ1v) is 14.6. The fraction of sp³-hybridized carbons (Fsp3) is 0.643. The van der Waals surface area contributed by atoms with E-state index in [9.17, 15) is 4.79 Å². The summed E-state index contributed by atoms with van der Waals surface area (Å²) in [6.45, 7) is 2.55. The maximum atomic E-state index is 14.4. The number of benzene rings is 1. The molecule has 3 fully saturated rings. The van der Waals surface area contributed by atoms with Crippen LogP contribution >= 0.6 is 22.9 Å². The Bertz CT molecular complexity index is 1020. The van der Waals surface area contributed by atoms with Gasteiger partial charge < -0.3 is 10.2 Å². The van der Waals surface area contributed by atoms with E-state index in [4.69, 9.17) is 11.6 Å². The van der Waals surface area contributed by atoms with Gasteiger partial charge in [-0.25, -0.2) is 4.98 Å². The van der Waals surface area contributed by atoms with Crippen molar-refractivity contribution >= 4 is 28.8 Å². The van der Waals surface area contributed by atoms with E-state index in [1.165, 1.54) is 42.5 Å². The summed E-state index contributed by atoms with van der Waals surface area (Å²) < 4.78 is 0.633. The van der Waals surface area contributed by atoms with Crippen molar-refractivity contribution in [1.82, 2.24) is 15.2 Å². The average Bonchev–Trinajstić information content (AvgIpc) is 3.48. The maximum Gasteiger partial charge on any atom is 0.228 e. The van der Waals surface area contributed by atoms with Crippen molar-refractivity contribution in [3.05, 3.63) is 50.9 Å². The number of thiazole rings is 1. The van der Waals surface area contributed by atoms with Gasteiger partial charge in [0.2, 0.25) is 5.91 Å². The van der Waals surface area contributed by atoms with E-state index in [0.29, 0.717) is 28.3 Å². The lowest BCUT2D eigenvalue weighted by Crippen LogP contribution is -2.55. The van der Waals surface area contributed by atoms with Crippen LogP contribution in [0.15, 0.2) is 30.3 Å².